The number of carbonyl (C=O) groups is 1. The van der Waals surface area contributed by atoms with E-state index in [0.29, 0.717) is 49.1 Å². The molecule has 2 heterocycles. The number of aromatic amines is 1. The van der Waals surface area contributed by atoms with Crippen molar-refractivity contribution >= 4 is 22.8 Å². The molecular formula is C31H32N6O5. The molecule has 11 nitrogen and oxygen atoms in total. The maximum absolute atomic E-state index is 13.0. The molecule has 5 aromatic rings. The number of rotatable bonds is 12. The Balaban J connectivity index is 1.43. The van der Waals surface area contributed by atoms with Crippen LogP contribution in [0.5, 0.6) is 11.5 Å². The van der Waals surface area contributed by atoms with Crippen LogP contribution in [-0.4, -0.2) is 57.8 Å². The molecule has 0 amide bonds. The van der Waals surface area contributed by atoms with Crippen molar-refractivity contribution in [1.82, 2.24) is 25.0 Å². The van der Waals surface area contributed by atoms with Crippen molar-refractivity contribution in [3.63, 3.8) is 0 Å². The number of anilines is 1. The minimum absolute atomic E-state index is 0.161. The van der Waals surface area contributed by atoms with Crippen LogP contribution in [-0.2, 0) is 16.1 Å². The van der Waals surface area contributed by atoms with E-state index >= 15 is 0 Å². The van der Waals surface area contributed by atoms with Crippen LogP contribution in [0.1, 0.15) is 25.8 Å². The molecule has 2 N–H and O–H groups in total. The van der Waals surface area contributed by atoms with Crippen LogP contribution >= 0.6 is 0 Å². The highest BCUT2D eigenvalue weighted by molar-refractivity contribution is 5.78. The summed E-state index contributed by atoms with van der Waals surface area (Å²) < 4.78 is 17.8. The van der Waals surface area contributed by atoms with Crippen molar-refractivity contribution in [2.75, 3.05) is 32.2 Å². The third kappa shape index (κ3) is 6.41. The van der Waals surface area contributed by atoms with Crippen molar-refractivity contribution < 1.29 is 19.0 Å². The highest BCUT2D eigenvalue weighted by Gasteiger charge is 2.17. The summed E-state index contributed by atoms with van der Waals surface area (Å²) in [4.78, 5) is 32.2. The van der Waals surface area contributed by atoms with Crippen LogP contribution in [0.3, 0.4) is 0 Å². The summed E-state index contributed by atoms with van der Waals surface area (Å²) in [5.41, 5.74) is 4.51. The lowest BCUT2D eigenvalue weighted by atomic mass is 10.0. The molecule has 0 atom stereocenters. The van der Waals surface area contributed by atoms with Crippen molar-refractivity contribution in [2.24, 2.45) is 0 Å². The molecule has 42 heavy (non-hydrogen) atoms. The number of benzene rings is 3. The Morgan fingerprint density at radius 2 is 1.81 bits per heavy atom. The second-order valence-corrected chi connectivity index (χ2v) is 9.39. The summed E-state index contributed by atoms with van der Waals surface area (Å²) in [7, 11) is 1.62. The lowest BCUT2D eigenvalue weighted by Gasteiger charge is -2.13. The van der Waals surface area contributed by atoms with E-state index in [1.807, 2.05) is 73.7 Å². The minimum Gasteiger partial charge on any atom is -0.497 e. The number of aromatic nitrogens is 5. The van der Waals surface area contributed by atoms with E-state index in [1.54, 1.807) is 18.7 Å². The number of carbonyl (C=O) groups excluding carboxylic acids is 1. The molecule has 0 saturated carbocycles. The van der Waals surface area contributed by atoms with Gasteiger partial charge in [0.2, 0.25) is 0 Å². The van der Waals surface area contributed by atoms with Gasteiger partial charge in [0, 0.05) is 12.2 Å². The molecule has 0 saturated heterocycles. The zero-order valence-electron chi connectivity index (χ0n) is 23.7. The lowest BCUT2D eigenvalue weighted by Crippen LogP contribution is -2.12. The number of nitrogens with one attached hydrogen (secondary N) is 2. The second-order valence-electron chi connectivity index (χ2n) is 9.39. The molecule has 11 heteroatoms. The van der Waals surface area contributed by atoms with Gasteiger partial charge in [0.25, 0.3) is 5.56 Å². The first-order valence-corrected chi connectivity index (χ1v) is 13.7. The zero-order valence-corrected chi connectivity index (χ0v) is 23.7. The Hall–Kier alpha value is -5.19. The molecule has 0 aliphatic carbocycles. The molecule has 2 aromatic heterocycles. The number of hydrogen-bond donors (Lipinski definition) is 2. The van der Waals surface area contributed by atoms with Gasteiger partial charge in [0.05, 0.1) is 38.9 Å². The highest BCUT2D eigenvalue weighted by atomic mass is 16.5. The standard InChI is InChI=1S/C31H32N6O5/c1-4-41-26-18-22(21-7-6-8-23(17-21)32-16-15-27(38)42-5-2)11-14-25(26)29-33-30-28(31(39)34-29)35-36-37(30)19-20-9-12-24(40-3)13-10-20/h6-14,17-18,32H,4-5,15-16,19H2,1-3H3,(H,33,34,39). The topological polar surface area (TPSA) is 133 Å². The van der Waals surface area contributed by atoms with Gasteiger partial charge in [-0.3, -0.25) is 9.59 Å². The molecule has 0 bridgehead atoms. The smallest absolute Gasteiger partial charge is 0.307 e. The first-order chi connectivity index (χ1) is 20.5. The molecule has 0 unspecified atom stereocenters. The lowest BCUT2D eigenvalue weighted by molar-refractivity contribution is -0.142. The van der Waals surface area contributed by atoms with Gasteiger partial charge in [0.1, 0.15) is 17.3 Å². The van der Waals surface area contributed by atoms with Gasteiger partial charge in [0.15, 0.2) is 11.2 Å². The Morgan fingerprint density at radius 3 is 2.57 bits per heavy atom. The summed E-state index contributed by atoms with van der Waals surface area (Å²) in [5.74, 6) is 1.45. The van der Waals surface area contributed by atoms with Crippen LogP contribution in [0.15, 0.2) is 71.5 Å². The molecular weight excluding hydrogens is 536 g/mol. The van der Waals surface area contributed by atoms with Gasteiger partial charge in [-0.1, -0.05) is 35.5 Å². The zero-order chi connectivity index (χ0) is 29.5. The fourth-order valence-electron chi connectivity index (χ4n) is 4.53. The summed E-state index contributed by atoms with van der Waals surface area (Å²) in [6.45, 7) is 5.34. The highest BCUT2D eigenvalue weighted by Crippen LogP contribution is 2.33. The fraction of sp³-hybridized carbons (Fsp3) is 0.258. The summed E-state index contributed by atoms with van der Waals surface area (Å²) in [6, 6.07) is 21.2. The predicted octanol–water partition coefficient (Wildman–Crippen LogP) is 4.67. The number of H-pyrrole nitrogens is 1. The van der Waals surface area contributed by atoms with Gasteiger partial charge in [-0.2, -0.15) is 0 Å². The van der Waals surface area contributed by atoms with E-state index in [1.165, 1.54) is 0 Å². The molecule has 3 aromatic carbocycles. The summed E-state index contributed by atoms with van der Waals surface area (Å²) in [5, 5.41) is 11.5. The molecule has 0 spiro atoms. The average Bonchev–Trinajstić information content (AvgIpc) is 3.41. The monoisotopic (exact) mass is 568 g/mol. The van der Waals surface area contributed by atoms with Crippen molar-refractivity contribution in [2.45, 2.75) is 26.8 Å². The van der Waals surface area contributed by atoms with Crippen LogP contribution in [0.4, 0.5) is 5.69 Å². The number of nitrogens with zero attached hydrogens (tertiary/aromatic N) is 4. The predicted molar refractivity (Wildman–Crippen MR) is 160 cm³/mol. The number of hydrogen-bond acceptors (Lipinski definition) is 9. The van der Waals surface area contributed by atoms with Crippen LogP contribution in [0.2, 0.25) is 0 Å². The third-order valence-corrected chi connectivity index (χ3v) is 6.56. The van der Waals surface area contributed by atoms with Crippen LogP contribution in [0.25, 0.3) is 33.7 Å². The summed E-state index contributed by atoms with van der Waals surface area (Å²) >= 11 is 0. The maximum Gasteiger partial charge on any atom is 0.307 e. The maximum atomic E-state index is 13.0. The molecule has 0 radical (unpaired) electrons. The third-order valence-electron chi connectivity index (χ3n) is 6.56. The Kier molecular flexibility index (Phi) is 8.76. The van der Waals surface area contributed by atoms with E-state index in [9.17, 15) is 9.59 Å². The number of ether oxygens (including phenoxy) is 3. The first kappa shape index (κ1) is 28.3. The largest absolute Gasteiger partial charge is 0.497 e. The number of fused-ring (bicyclic) bond motifs is 1. The Labute approximate surface area is 242 Å². The minimum atomic E-state index is -0.385. The van der Waals surface area contributed by atoms with Crippen molar-refractivity contribution in [3.05, 3.63) is 82.6 Å². The molecule has 0 aliphatic rings. The fourth-order valence-corrected chi connectivity index (χ4v) is 4.53. The van der Waals surface area contributed by atoms with Gasteiger partial charge in [-0.25, -0.2) is 9.67 Å². The Morgan fingerprint density at radius 1 is 1.00 bits per heavy atom. The van der Waals surface area contributed by atoms with Crippen molar-refractivity contribution in [1.29, 1.82) is 0 Å². The van der Waals surface area contributed by atoms with Gasteiger partial charge >= 0.3 is 5.97 Å². The summed E-state index contributed by atoms with van der Waals surface area (Å²) in [6.07, 6.45) is 0.283. The van der Waals surface area contributed by atoms with E-state index < -0.39 is 0 Å². The number of esters is 1. The van der Waals surface area contributed by atoms with E-state index in [-0.39, 0.29) is 23.5 Å². The Bertz CT molecular complexity index is 1750. The van der Waals surface area contributed by atoms with Crippen molar-refractivity contribution in [3.8, 4) is 34.0 Å². The van der Waals surface area contributed by atoms with Gasteiger partial charge in [-0.05, 0) is 66.9 Å². The first-order valence-electron chi connectivity index (χ1n) is 13.7. The molecule has 0 aliphatic heterocycles. The van der Waals surface area contributed by atoms with Crippen LogP contribution in [0, 0.1) is 0 Å². The molecule has 5 rings (SSSR count). The van der Waals surface area contributed by atoms with Gasteiger partial charge in [-0.15, -0.1) is 5.10 Å². The van der Waals surface area contributed by atoms with Gasteiger partial charge < -0.3 is 24.5 Å². The second kappa shape index (κ2) is 13.0. The quantitative estimate of drug-likeness (QED) is 0.206. The van der Waals surface area contributed by atoms with Crippen LogP contribution < -0.4 is 20.3 Å². The molecule has 216 valence electrons. The van der Waals surface area contributed by atoms with E-state index in [2.05, 4.69) is 20.6 Å². The van der Waals surface area contributed by atoms with E-state index in [0.717, 1.165) is 28.1 Å². The average molecular weight is 569 g/mol. The van der Waals surface area contributed by atoms with E-state index in [4.69, 9.17) is 19.2 Å². The molecule has 0 fully saturated rings. The SMILES string of the molecule is CCOC(=O)CCNc1cccc(-c2ccc(-c3nc4c(nnn4Cc4ccc(OC)cc4)c(=O)[nH]3)c(OCC)c2)c1. The number of methoxy groups -OCH3 is 1. The normalized spacial score (nSPS) is 10.9.